The lowest BCUT2D eigenvalue weighted by Crippen LogP contribution is -2.06. The molecule has 0 spiro atoms. The number of carbonyl (C=O) groups is 1. The van der Waals surface area contributed by atoms with Crippen LogP contribution in [0.5, 0.6) is 0 Å². The molecule has 1 fully saturated rings. The third-order valence-electron chi connectivity index (χ3n) is 3.22. The van der Waals surface area contributed by atoms with E-state index in [9.17, 15) is 4.79 Å². The summed E-state index contributed by atoms with van der Waals surface area (Å²) in [5, 5.41) is 6.79. The van der Waals surface area contributed by atoms with Crippen LogP contribution < -0.4 is 10.6 Å². The number of rotatable bonds is 5. The number of anilines is 3. The van der Waals surface area contributed by atoms with Gasteiger partial charge in [-0.25, -0.2) is 9.78 Å². The van der Waals surface area contributed by atoms with Gasteiger partial charge in [-0.3, -0.25) is 0 Å². The fraction of sp³-hybridized carbons (Fsp3) is 0.267. The minimum atomic E-state index is -0.426. The van der Waals surface area contributed by atoms with Crippen LogP contribution in [-0.2, 0) is 4.74 Å². The molecule has 1 heterocycles. The Kier molecular flexibility index (Phi) is 4.11. The van der Waals surface area contributed by atoms with Gasteiger partial charge in [-0.2, -0.15) is 4.98 Å². The summed E-state index contributed by atoms with van der Waals surface area (Å²) in [7, 11) is 1.33. The first-order chi connectivity index (χ1) is 10.7. The van der Waals surface area contributed by atoms with Crippen LogP contribution in [0.2, 0.25) is 5.02 Å². The van der Waals surface area contributed by atoms with Crippen molar-refractivity contribution in [1.82, 2.24) is 9.97 Å². The molecule has 7 heteroatoms. The molecule has 1 aromatic carbocycles. The zero-order valence-electron chi connectivity index (χ0n) is 12.0. The van der Waals surface area contributed by atoms with Gasteiger partial charge >= 0.3 is 5.97 Å². The lowest BCUT2D eigenvalue weighted by molar-refractivity contribution is 0.0601. The summed E-state index contributed by atoms with van der Waals surface area (Å²) < 4.78 is 4.70. The second-order valence-corrected chi connectivity index (χ2v) is 5.40. The number of carbonyl (C=O) groups excluding carboxylic acids is 1. The Labute approximate surface area is 132 Å². The molecule has 2 aromatic rings. The second kappa shape index (κ2) is 6.19. The maximum absolute atomic E-state index is 11.6. The van der Waals surface area contributed by atoms with E-state index in [0.29, 0.717) is 28.3 Å². The average Bonchev–Trinajstić information content (AvgIpc) is 3.33. The standard InChI is InChI=1S/C15H15ClN4O2/c1-22-14(21)9-2-5-11(16)12(8-9)19-15-17-7-6-13(20-15)18-10-3-4-10/h2,5-8,10H,3-4H2,1H3,(H2,17,18,19,20). The number of nitrogens with one attached hydrogen (secondary N) is 2. The molecule has 1 aliphatic carbocycles. The molecule has 0 saturated heterocycles. The monoisotopic (exact) mass is 318 g/mol. The van der Waals surface area contributed by atoms with Crippen LogP contribution in [0.25, 0.3) is 0 Å². The molecule has 1 aliphatic rings. The number of ether oxygens (including phenoxy) is 1. The molecule has 0 amide bonds. The van der Waals surface area contributed by atoms with Gasteiger partial charge in [0.05, 0.1) is 23.4 Å². The minimum Gasteiger partial charge on any atom is -0.465 e. The summed E-state index contributed by atoms with van der Waals surface area (Å²) in [5.74, 6) is 0.750. The Hall–Kier alpha value is -2.34. The van der Waals surface area contributed by atoms with Crippen molar-refractivity contribution in [2.24, 2.45) is 0 Å². The highest BCUT2D eigenvalue weighted by atomic mass is 35.5. The van der Waals surface area contributed by atoms with Gasteiger partial charge in [0.15, 0.2) is 0 Å². The van der Waals surface area contributed by atoms with E-state index in [1.54, 1.807) is 24.4 Å². The first-order valence-electron chi connectivity index (χ1n) is 6.90. The Bertz CT molecular complexity index is 704. The number of hydrogen-bond donors (Lipinski definition) is 2. The third-order valence-corrected chi connectivity index (χ3v) is 3.55. The molecular weight excluding hydrogens is 304 g/mol. The molecule has 0 bridgehead atoms. The number of halogens is 1. The van der Waals surface area contributed by atoms with Crippen LogP contribution in [0.4, 0.5) is 17.5 Å². The molecule has 0 unspecified atom stereocenters. The highest BCUT2D eigenvalue weighted by molar-refractivity contribution is 6.33. The van der Waals surface area contributed by atoms with E-state index >= 15 is 0 Å². The van der Waals surface area contributed by atoms with E-state index in [1.807, 2.05) is 6.07 Å². The SMILES string of the molecule is COC(=O)c1ccc(Cl)c(Nc2nccc(NC3CC3)n2)c1. The van der Waals surface area contributed by atoms with Crippen LogP contribution in [0.15, 0.2) is 30.5 Å². The van der Waals surface area contributed by atoms with E-state index in [4.69, 9.17) is 16.3 Å². The lowest BCUT2D eigenvalue weighted by atomic mass is 10.2. The van der Waals surface area contributed by atoms with Gasteiger partial charge in [-0.1, -0.05) is 11.6 Å². The van der Waals surface area contributed by atoms with Gasteiger partial charge < -0.3 is 15.4 Å². The van der Waals surface area contributed by atoms with E-state index in [1.165, 1.54) is 20.0 Å². The van der Waals surface area contributed by atoms with Crippen molar-refractivity contribution >= 4 is 35.0 Å². The molecule has 3 rings (SSSR count). The van der Waals surface area contributed by atoms with Crippen molar-refractivity contribution < 1.29 is 9.53 Å². The Balaban J connectivity index is 1.81. The molecule has 0 atom stereocenters. The molecule has 0 radical (unpaired) electrons. The summed E-state index contributed by atoms with van der Waals surface area (Å²) in [6.45, 7) is 0. The first-order valence-corrected chi connectivity index (χ1v) is 7.28. The highest BCUT2D eigenvalue weighted by Crippen LogP contribution is 2.27. The van der Waals surface area contributed by atoms with Crippen molar-refractivity contribution in [3.8, 4) is 0 Å². The van der Waals surface area contributed by atoms with Gasteiger partial charge in [-0.05, 0) is 37.1 Å². The van der Waals surface area contributed by atoms with E-state index in [-0.39, 0.29) is 0 Å². The van der Waals surface area contributed by atoms with Gasteiger partial charge in [0, 0.05) is 12.2 Å². The van der Waals surface area contributed by atoms with Crippen molar-refractivity contribution in [1.29, 1.82) is 0 Å². The summed E-state index contributed by atoms with van der Waals surface area (Å²) in [4.78, 5) is 20.1. The van der Waals surface area contributed by atoms with E-state index in [2.05, 4.69) is 20.6 Å². The predicted octanol–water partition coefficient (Wildman–Crippen LogP) is 3.23. The number of aromatic nitrogens is 2. The molecule has 2 N–H and O–H groups in total. The summed E-state index contributed by atoms with van der Waals surface area (Å²) in [5.41, 5.74) is 0.954. The Morgan fingerprint density at radius 2 is 2.18 bits per heavy atom. The quantitative estimate of drug-likeness (QED) is 0.824. The number of nitrogens with zero attached hydrogens (tertiary/aromatic N) is 2. The fourth-order valence-electron chi connectivity index (χ4n) is 1.92. The van der Waals surface area contributed by atoms with Crippen LogP contribution in [0.1, 0.15) is 23.2 Å². The molecule has 114 valence electrons. The molecule has 22 heavy (non-hydrogen) atoms. The number of methoxy groups -OCH3 is 1. The predicted molar refractivity (Wildman–Crippen MR) is 84.8 cm³/mol. The number of hydrogen-bond acceptors (Lipinski definition) is 6. The van der Waals surface area contributed by atoms with Crippen LogP contribution in [-0.4, -0.2) is 29.1 Å². The first kappa shape index (κ1) is 14.6. The zero-order valence-corrected chi connectivity index (χ0v) is 12.7. The fourth-order valence-corrected chi connectivity index (χ4v) is 2.09. The van der Waals surface area contributed by atoms with Gasteiger partial charge in [0.2, 0.25) is 5.95 Å². The minimum absolute atomic E-state index is 0.404. The Morgan fingerprint density at radius 1 is 1.36 bits per heavy atom. The topological polar surface area (TPSA) is 76.1 Å². The molecule has 1 saturated carbocycles. The second-order valence-electron chi connectivity index (χ2n) is 5.00. The summed E-state index contributed by atoms with van der Waals surface area (Å²) in [6.07, 6.45) is 4.00. The summed E-state index contributed by atoms with van der Waals surface area (Å²) in [6, 6.07) is 7.16. The van der Waals surface area contributed by atoms with Gasteiger partial charge in [-0.15, -0.1) is 0 Å². The van der Waals surface area contributed by atoms with Crippen molar-refractivity contribution in [2.45, 2.75) is 18.9 Å². The smallest absolute Gasteiger partial charge is 0.337 e. The van der Waals surface area contributed by atoms with Gasteiger partial charge in [0.1, 0.15) is 5.82 Å². The van der Waals surface area contributed by atoms with Crippen molar-refractivity contribution in [3.05, 3.63) is 41.0 Å². The van der Waals surface area contributed by atoms with E-state index in [0.717, 1.165) is 5.82 Å². The zero-order chi connectivity index (χ0) is 15.5. The van der Waals surface area contributed by atoms with Crippen LogP contribution in [0, 0.1) is 0 Å². The van der Waals surface area contributed by atoms with Crippen LogP contribution >= 0.6 is 11.6 Å². The molecule has 1 aromatic heterocycles. The molecular formula is C15H15ClN4O2. The molecule has 0 aliphatic heterocycles. The van der Waals surface area contributed by atoms with Crippen molar-refractivity contribution in [2.75, 3.05) is 17.7 Å². The lowest BCUT2D eigenvalue weighted by Gasteiger charge is -2.10. The third kappa shape index (κ3) is 3.46. The maximum atomic E-state index is 11.6. The summed E-state index contributed by atoms with van der Waals surface area (Å²) >= 11 is 6.14. The largest absolute Gasteiger partial charge is 0.465 e. The highest BCUT2D eigenvalue weighted by Gasteiger charge is 2.21. The van der Waals surface area contributed by atoms with E-state index < -0.39 is 5.97 Å². The maximum Gasteiger partial charge on any atom is 0.337 e. The van der Waals surface area contributed by atoms with Gasteiger partial charge in [0.25, 0.3) is 0 Å². The average molecular weight is 319 g/mol. The Morgan fingerprint density at radius 3 is 2.91 bits per heavy atom. The number of benzene rings is 1. The van der Waals surface area contributed by atoms with Crippen LogP contribution in [0.3, 0.4) is 0 Å². The number of esters is 1. The molecule has 6 nitrogen and oxygen atoms in total. The normalized spacial score (nSPS) is 13.5. The van der Waals surface area contributed by atoms with Crippen molar-refractivity contribution in [3.63, 3.8) is 0 Å².